The van der Waals surface area contributed by atoms with Crippen molar-refractivity contribution in [3.8, 4) is 6.01 Å². The first-order valence-corrected chi connectivity index (χ1v) is 11.4. The minimum atomic E-state index is -2.72. The van der Waals surface area contributed by atoms with E-state index in [-0.39, 0.29) is 39.2 Å². The van der Waals surface area contributed by atoms with Crippen LogP contribution < -0.4 is 9.64 Å². The molecule has 1 aromatic heterocycles. The topological polar surface area (TPSA) is 67.8 Å². The summed E-state index contributed by atoms with van der Waals surface area (Å²) in [4.78, 5) is 25.3. The molecule has 0 saturated carbocycles. The van der Waals surface area contributed by atoms with Gasteiger partial charge in [-0.25, -0.2) is 13.6 Å². The van der Waals surface area contributed by atoms with Gasteiger partial charge in [0.2, 0.25) is 0 Å². The SMILES string of the molecule is COc1nc(N2CC3CCC(C2)N3C(=O)OC(C)(C)C)c2cc(C(F)F)c(Br)c(Cl)c2n1. The van der Waals surface area contributed by atoms with E-state index in [4.69, 9.17) is 21.1 Å². The fourth-order valence-electron chi connectivity index (χ4n) is 4.37. The summed E-state index contributed by atoms with van der Waals surface area (Å²) in [5.41, 5.74) is -0.487. The summed E-state index contributed by atoms with van der Waals surface area (Å²) in [6, 6.07) is 1.32. The van der Waals surface area contributed by atoms with Gasteiger partial charge in [-0.15, -0.1) is 0 Å². The van der Waals surface area contributed by atoms with Gasteiger partial charge in [0.1, 0.15) is 11.4 Å². The predicted molar refractivity (Wildman–Crippen MR) is 121 cm³/mol. The summed E-state index contributed by atoms with van der Waals surface area (Å²) < 4.78 is 38.2. The van der Waals surface area contributed by atoms with Gasteiger partial charge in [0, 0.05) is 28.5 Å². The number of benzene rings is 1. The van der Waals surface area contributed by atoms with Crippen molar-refractivity contribution in [3.63, 3.8) is 0 Å². The number of nitrogens with zero attached hydrogens (tertiary/aromatic N) is 4. The number of carbonyl (C=O) groups is 1. The Kier molecular flexibility index (Phi) is 6.13. The number of carbonyl (C=O) groups excluding carboxylic acids is 1. The summed E-state index contributed by atoms with van der Waals surface area (Å²) in [5, 5.41) is 0.495. The first kappa shape index (κ1) is 23.2. The highest BCUT2D eigenvalue weighted by Gasteiger charge is 2.45. The number of halogens is 4. The lowest BCUT2D eigenvalue weighted by Crippen LogP contribution is -2.57. The summed E-state index contributed by atoms with van der Waals surface area (Å²) in [6.45, 7) is 6.49. The lowest BCUT2D eigenvalue weighted by atomic mass is 10.1. The number of anilines is 1. The van der Waals surface area contributed by atoms with Gasteiger partial charge in [0.05, 0.1) is 29.7 Å². The molecule has 2 aliphatic heterocycles. The molecule has 2 unspecified atom stereocenters. The molecule has 11 heteroatoms. The van der Waals surface area contributed by atoms with E-state index in [2.05, 4.69) is 25.9 Å². The molecule has 32 heavy (non-hydrogen) atoms. The number of amides is 1. The number of rotatable bonds is 3. The van der Waals surface area contributed by atoms with Crippen LogP contribution in [0.2, 0.25) is 5.02 Å². The van der Waals surface area contributed by atoms with Crippen molar-refractivity contribution in [1.82, 2.24) is 14.9 Å². The molecule has 4 rings (SSSR count). The second kappa shape index (κ2) is 8.44. The van der Waals surface area contributed by atoms with Gasteiger partial charge in [-0.1, -0.05) is 11.6 Å². The maximum absolute atomic E-state index is 13.6. The predicted octanol–water partition coefficient (Wildman–Crippen LogP) is 5.58. The number of hydrogen-bond acceptors (Lipinski definition) is 6. The Morgan fingerprint density at radius 2 is 1.88 bits per heavy atom. The number of fused-ring (bicyclic) bond motifs is 3. The van der Waals surface area contributed by atoms with Crippen LogP contribution in [0.4, 0.5) is 19.4 Å². The third kappa shape index (κ3) is 4.19. The van der Waals surface area contributed by atoms with Crippen LogP contribution in [0.15, 0.2) is 10.5 Å². The van der Waals surface area contributed by atoms with Gasteiger partial charge >= 0.3 is 12.1 Å². The molecular weight excluding hydrogens is 510 g/mol. The van der Waals surface area contributed by atoms with E-state index in [9.17, 15) is 13.6 Å². The van der Waals surface area contributed by atoms with Gasteiger partial charge in [-0.3, -0.25) is 4.90 Å². The third-order valence-electron chi connectivity index (χ3n) is 5.66. The van der Waals surface area contributed by atoms with E-state index < -0.39 is 12.0 Å². The molecule has 2 fully saturated rings. The molecule has 0 radical (unpaired) electrons. The molecule has 0 N–H and O–H groups in total. The normalized spacial score (nSPS) is 20.9. The molecule has 7 nitrogen and oxygen atoms in total. The van der Waals surface area contributed by atoms with Crippen molar-refractivity contribution < 1.29 is 23.0 Å². The molecule has 1 amide bonds. The highest BCUT2D eigenvalue weighted by molar-refractivity contribution is 9.10. The Morgan fingerprint density at radius 1 is 1.25 bits per heavy atom. The van der Waals surface area contributed by atoms with E-state index in [1.807, 2.05) is 25.7 Å². The van der Waals surface area contributed by atoms with E-state index in [0.717, 1.165) is 12.8 Å². The van der Waals surface area contributed by atoms with Crippen LogP contribution in [0.25, 0.3) is 10.9 Å². The molecule has 1 aromatic carbocycles. The lowest BCUT2D eigenvalue weighted by Gasteiger charge is -2.42. The number of ether oxygens (including phenoxy) is 2. The van der Waals surface area contributed by atoms with Crippen molar-refractivity contribution >= 4 is 50.3 Å². The number of alkyl halides is 2. The van der Waals surface area contributed by atoms with Crippen LogP contribution in [0.1, 0.15) is 45.6 Å². The Hall–Kier alpha value is -1.94. The first-order valence-electron chi connectivity index (χ1n) is 10.3. The molecule has 174 valence electrons. The minimum Gasteiger partial charge on any atom is -0.467 e. The minimum absolute atomic E-state index is 0.0694. The van der Waals surface area contributed by atoms with Crippen LogP contribution >= 0.6 is 27.5 Å². The van der Waals surface area contributed by atoms with Crippen molar-refractivity contribution in [2.24, 2.45) is 0 Å². The molecule has 2 bridgehead atoms. The number of piperazine rings is 1. The van der Waals surface area contributed by atoms with Crippen molar-refractivity contribution in [2.45, 2.75) is 57.7 Å². The van der Waals surface area contributed by atoms with Crippen molar-refractivity contribution in [3.05, 3.63) is 21.1 Å². The van der Waals surface area contributed by atoms with Crippen molar-refractivity contribution in [2.75, 3.05) is 25.1 Å². The summed E-state index contributed by atoms with van der Waals surface area (Å²) in [6.07, 6.45) is -1.40. The molecule has 3 heterocycles. The first-order chi connectivity index (χ1) is 15.0. The second-order valence-corrected chi connectivity index (χ2v) is 10.2. The quantitative estimate of drug-likeness (QED) is 0.513. The molecule has 0 aliphatic carbocycles. The largest absolute Gasteiger partial charge is 0.467 e. The molecular formula is C21H24BrClF2N4O3. The highest BCUT2D eigenvalue weighted by atomic mass is 79.9. The standard InChI is InChI=1S/C21H24BrClF2N4O3/c1-21(2,3)32-20(30)29-10-5-6-11(29)9-28(8-10)18-13-7-12(17(24)25)14(22)15(23)16(13)26-19(27-18)31-4/h7,10-11,17H,5-6,8-9H2,1-4H3. The Bertz CT molecular complexity index is 1050. The second-order valence-electron chi connectivity index (χ2n) is 9.00. The number of methoxy groups -OCH3 is 1. The summed E-state index contributed by atoms with van der Waals surface area (Å²) in [5.74, 6) is 0.462. The van der Waals surface area contributed by atoms with E-state index in [0.29, 0.717) is 29.8 Å². The van der Waals surface area contributed by atoms with Crippen molar-refractivity contribution in [1.29, 1.82) is 0 Å². The Balaban J connectivity index is 1.74. The van der Waals surface area contributed by atoms with Gasteiger partial charge in [-0.05, 0) is 55.6 Å². The monoisotopic (exact) mass is 532 g/mol. The van der Waals surface area contributed by atoms with Crippen LogP contribution in [0.3, 0.4) is 0 Å². The Morgan fingerprint density at radius 3 is 2.41 bits per heavy atom. The third-order valence-corrected chi connectivity index (χ3v) is 7.11. The highest BCUT2D eigenvalue weighted by Crippen LogP contribution is 2.42. The van der Waals surface area contributed by atoms with Crippen LogP contribution in [0.5, 0.6) is 6.01 Å². The van der Waals surface area contributed by atoms with Gasteiger partial charge in [-0.2, -0.15) is 9.97 Å². The van der Waals surface area contributed by atoms with E-state index in [1.165, 1.54) is 13.2 Å². The average Bonchev–Trinajstić information content (AvgIpc) is 2.98. The van der Waals surface area contributed by atoms with Crippen LogP contribution in [0, 0.1) is 0 Å². The molecule has 2 aliphatic rings. The average molecular weight is 534 g/mol. The fraction of sp³-hybridized carbons (Fsp3) is 0.571. The van der Waals surface area contributed by atoms with E-state index in [1.54, 1.807) is 4.90 Å². The number of hydrogen-bond donors (Lipinski definition) is 0. The zero-order chi connectivity index (χ0) is 23.4. The lowest BCUT2D eigenvalue weighted by molar-refractivity contribution is 0.0123. The summed E-state index contributed by atoms with van der Waals surface area (Å²) in [7, 11) is 1.44. The van der Waals surface area contributed by atoms with Crippen LogP contribution in [-0.2, 0) is 4.74 Å². The van der Waals surface area contributed by atoms with Crippen LogP contribution in [-0.4, -0.2) is 58.8 Å². The molecule has 2 atom stereocenters. The van der Waals surface area contributed by atoms with E-state index >= 15 is 0 Å². The molecule has 2 aromatic rings. The molecule has 0 spiro atoms. The maximum atomic E-state index is 13.6. The maximum Gasteiger partial charge on any atom is 0.410 e. The van der Waals surface area contributed by atoms with Gasteiger partial charge in [0.25, 0.3) is 6.43 Å². The zero-order valence-electron chi connectivity index (χ0n) is 18.2. The summed E-state index contributed by atoms with van der Waals surface area (Å²) >= 11 is 9.56. The fourth-order valence-corrected chi connectivity index (χ4v) is 5.10. The Labute approximate surface area is 198 Å². The van der Waals surface area contributed by atoms with Gasteiger partial charge < -0.3 is 14.4 Å². The smallest absolute Gasteiger partial charge is 0.410 e. The number of aromatic nitrogens is 2. The molecule has 2 saturated heterocycles. The zero-order valence-corrected chi connectivity index (χ0v) is 20.5. The van der Waals surface area contributed by atoms with Gasteiger partial charge in [0.15, 0.2) is 0 Å².